The van der Waals surface area contributed by atoms with Gasteiger partial charge in [0.2, 0.25) is 0 Å². The maximum Gasteiger partial charge on any atom is 0.407 e. The molecular formula is C19H14F3N3O3. The third kappa shape index (κ3) is 5.00. The Kier molecular flexibility index (Phi) is 5.92. The smallest absolute Gasteiger partial charge is 0.407 e. The van der Waals surface area contributed by atoms with Gasteiger partial charge in [0, 0.05) is 5.69 Å². The van der Waals surface area contributed by atoms with Gasteiger partial charge in [0.15, 0.2) is 11.3 Å². The molecule has 2 N–H and O–H groups in total. The van der Waals surface area contributed by atoms with Crippen LogP contribution in [-0.2, 0) is 11.0 Å². The maximum absolute atomic E-state index is 13.0. The Labute approximate surface area is 158 Å². The van der Waals surface area contributed by atoms with E-state index in [1.54, 1.807) is 0 Å². The number of nitriles is 1. The number of anilines is 1. The molecule has 1 amide bonds. The highest BCUT2D eigenvalue weighted by molar-refractivity contribution is 5.97. The molecule has 6 nitrogen and oxygen atoms in total. The summed E-state index contributed by atoms with van der Waals surface area (Å²) in [7, 11) is 0. The predicted octanol–water partition coefficient (Wildman–Crippen LogP) is 3.90. The number of nitrogens with zero attached hydrogens (tertiary/aromatic N) is 2. The second kappa shape index (κ2) is 7.99. The van der Waals surface area contributed by atoms with Gasteiger partial charge in [-0.1, -0.05) is 6.07 Å². The minimum Gasteiger partial charge on any atom is -0.490 e. The van der Waals surface area contributed by atoms with Crippen LogP contribution in [0.15, 0.2) is 42.5 Å². The van der Waals surface area contributed by atoms with Crippen molar-refractivity contribution in [2.75, 3.05) is 11.9 Å². The summed E-state index contributed by atoms with van der Waals surface area (Å²) in [4.78, 5) is 15.1. The fourth-order valence-corrected chi connectivity index (χ4v) is 2.12. The first-order chi connectivity index (χ1) is 13.1. The van der Waals surface area contributed by atoms with Crippen molar-refractivity contribution in [1.29, 1.82) is 5.26 Å². The molecule has 0 saturated carbocycles. The molecule has 0 unspecified atom stereocenters. The fraction of sp³-hybridized carbons (Fsp3) is 0.211. The van der Waals surface area contributed by atoms with Crippen molar-refractivity contribution in [1.82, 2.24) is 0 Å². The summed E-state index contributed by atoms with van der Waals surface area (Å²) in [6.45, 7) is 7.47. The van der Waals surface area contributed by atoms with Crippen LogP contribution in [0.3, 0.4) is 0 Å². The van der Waals surface area contributed by atoms with Gasteiger partial charge in [0.1, 0.15) is 12.4 Å². The molecule has 144 valence electrons. The Hall–Kier alpha value is -3.56. The molecule has 9 heteroatoms. The molecule has 0 bridgehead atoms. The van der Waals surface area contributed by atoms with Gasteiger partial charge in [-0.15, -0.1) is 0 Å². The molecular weight excluding hydrogens is 375 g/mol. The molecule has 0 aliphatic heterocycles. The predicted molar refractivity (Wildman–Crippen MR) is 93.6 cm³/mol. The minimum absolute atomic E-state index is 0.219. The molecule has 0 radical (unpaired) electrons. The summed E-state index contributed by atoms with van der Waals surface area (Å²) < 4.78 is 44.3. The van der Waals surface area contributed by atoms with Gasteiger partial charge in [-0.05, 0) is 43.3 Å². The largest absolute Gasteiger partial charge is 0.490 e. The lowest BCUT2D eigenvalue weighted by atomic mass is 10.1. The van der Waals surface area contributed by atoms with Gasteiger partial charge in [-0.25, -0.2) is 4.85 Å². The van der Waals surface area contributed by atoms with Crippen molar-refractivity contribution in [3.05, 3.63) is 65.0 Å². The third-order valence-corrected chi connectivity index (χ3v) is 3.67. The zero-order valence-corrected chi connectivity index (χ0v) is 14.5. The molecule has 0 aromatic heterocycles. The Bertz CT molecular complexity index is 956. The Balaban J connectivity index is 2.10. The molecule has 28 heavy (non-hydrogen) atoms. The van der Waals surface area contributed by atoms with Crippen molar-refractivity contribution in [3.63, 3.8) is 0 Å². The topological polar surface area (TPSA) is 86.7 Å². The van der Waals surface area contributed by atoms with Gasteiger partial charge in [0.25, 0.3) is 5.91 Å². The first-order valence-corrected chi connectivity index (χ1v) is 7.82. The third-order valence-electron chi connectivity index (χ3n) is 3.67. The van der Waals surface area contributed by atoms with Crippen molar-refractivity contribution < 1.29 is 27.8 Å². The van der Waals surface area contributed by atoms with E-state index in [0.29, 0.717) is 17.4 Å². The summed E-state index contributed by atoms with van der Waals surface area (Å²) in [5.74, 6) is -0.683. The minimum atomic E-state index is -4.76. The van der Waals surface area contributed by atoms with Crippen LogP contribution in [0.4, 0.5) is 24.5 Å². The summed E-state index contributed by atoms with van der Waals surface area (Å²) in [5, 5.41) is 21.2. The molecule has 2 rings (SSSR count). The van der Waals surface area contributed by atoms with Crippen molar-refractivity contribution in [2.24, 2.45) is 0 Å². The average molecular weight is 389 g/mol. The van der Waals surface area contributed by atoms with Crippen molar-refractivity contribution >= 4 is 17.3 Å². The number of nitrogens with one attached hydrogen (secondary N) is 1. The number of rotatable bonds is 5. The van der Waals surface area contributed by atoms with Gasteiger partial charge < -0.3 is 15.2 Å². The summed E-state index contributed by atoms with van der Waals surface area (Å²) >= 11 is 0. The molecule has 1 atom stereocenters. The number of carbonyl (C=O) groups excluding carboxylic acids is 1. The van der Waals surface area contributed by atoms with Crippen molar-refractivity contribution in [2.45, 2.75) is 18.7 Å². The first kappa shape index (κ1) is 20.7. The molecule has 0 saturated heterocycles. The van der Waals surface area contributed by atoms with Crippen LogP contribution in [0.5, 0.6) is 5.75 Å². The van der Waals surface area contributed by atoms with E-state index >= 15 is 0 Å². The lowest BCUT2D eigenvalue weighted by molar-refractivity contribution is -0.137. The standard InChI is InChI=1S/C19H14F3N3O3/c1-18(27,11-28-14-6-3-12(10-23)4-7-14)17(26)25-13-5-8-16(24-2)15(9-13)19(20,21)22/h3-9,27H,11H2,1H3,(H,25,26)/t18-/m0/s1. The second-order valence-corrected chi connectivity index (χ2v) is 5.99. The number of carbonyl (C=O) groups is 1. The number of hydrogen-bond acceptors (Lipinski definition) is 4. The molecule has 0 aliphatic carbocycles. The van der Waals surface area contributed by atoms with Crippen LogP contribution in [0.1, 0.15) is 18.1 Å². The number of benzene rings is 2. The number of halogens is 3. The van der Waals surface area contributed by atoms with E-state index in [0.717, 1.165) is 19.1 Å². The zero-order valence-electron chi connectivity index (χ0n) is 14.5. The van der Waals surface area contributed by atoms with E-state index in [-0.39, 0.29) is 5.69 Å². The van der Waals surface area contributed by atoms with E-state index in [4.69, 9.17) is 16.6 Å². The summed E-state index contributed by atoms with van der Waals surface area (Å²) in [6.07, 6.45) is -4.76. The Morgan fingerprint density at radius 3 is 2.46 bits per heavy atom. The number of amides is 1. The molecule has 0 spiro atoms. The van der Waals surface area contributed by atoms with Crippen LogP contribution in [0.25, 0.3) is 4.85 Å². The number of aliphatic hydroxyl groups is 1. The SMILES string of the molecule is [C-]#[N+]c1ccc(NC(=O)[C@@](C)(O)COc2ccc(C#N)cc2)cc1C(F)(F)F. The highest BCUT2D eigenvalue weighted by Crippen LogP contribution is 2.38. The zero-order chi connectivity index (χ0) is 20.9. The lowest BCUT2D eigenvalue weighted by Crippen LogP contribution is -2.45. The van der Waals surface area contributed by atoms with Crippen LogP contribution >= 0.6 is 0 Å². The Morgan fingerprint density at radius 2 is 1.93 bits per heavy atom. The molecule has 2 aromatic carbocycles. The number of hydrogen-bond donors (Lipinski definition) is 2. The summed E-state index contributed by atoms with van der Waals surface area (Å²) in [6, 6.07) is 10.6. The number of ether oxygens (including phenoxy) is 1. The van der Waals surface area contributed by atoms with E-state index in [9.17, 15) is 23.1 Å². The molecule has 2 aromatic rings. The fourth-order valence-electron chi connectivity index (χ4n) is 2.12. The average Bonchev–Trinajstić information content (AvgIpc) is 2.66. The van der Waals surface area contributed by atoms with E-state index in [2.05, 4.69) is 10.2 Å². The normalized spacial score (nSPS) is 13.0. The van der Waals surface area contributed by atoms with Crippen LogP contribution in [0.2, 0.25) is 0 Å². The van der Waals surface area contributed by atoms with Gasteiger partial charge in [-0.3, -0.25) is 4.79 Å². The first-order valence-electron chi connectivity index (χ1n) is 7.82. The number of alkyl halides is 3. The summed E-state index contributed by atoms with van der Waals surface area (Å²) in [5.41, 5.74) is -3.65. The monoisotopic (exact) mass is 389 g/mol. The maximum atomic E-state index is 13.0. The molecule has 0 aliphatic rings. The van der Waals surface area contributed by atoms with Crippen LogP contribution in [0, 0.1) is 17.9 Å². The van der Waals surface area contributed by atoms with Crippen LogP contribution < -0.4 is 10.1 Å². The van der Waals surface area contributed by atoms with Crippen molar-refractivity contribution in [3.8, 4) is 11.8 Å². The molecule has 0 fully saturated rings. The quantitative estimate of drug-likeness (QED) is 0.760. The van der Waals surface area contributed by atoms with E-state index in [1.165, 1.54) is 24.3 Å². The lowest BCUT2D eigenvalue weighted by Gasteiger charge is -2.23. The Morgan fingerprint density at radius 1 is 1.29 bits per heavy atom. The van der Waals surface area contributed by atoms with Gasteiger partial charge in [0.05, 0.1) is 23.8 Å². The highest BCUT2D eigenvalue weighted by atomic mass is 19.4. The van der Waals surface area contributed by atoms with Gasteiger partial charge >= 0.3 is 6.18 Å². The van der Waals surface area contributed by atoms with Gasteiger partial charge in [-0.2, -0.15) is 18.4 Å². The van der Waals surface area contributed by atoms with E-state index < -0.39 is 35.5 Å². The van der Waals surface area contributed by atoms with Crippen LogP contribution in [-0.4, -0.2) is 23.2 Å². The highest BCUT2D eigenvalue weighted by Gasteiger charge is 2.35. The second-order valence-electron chi connectivity index (χ2n) is 5.99. The van der Waals surface area contributed by atoms with E-state index in [1.807, 2.05) is 6.07 Å². The molecule has 0 heterocycles.